The molecular weight excluding hydrogens is 303 g/mol. The number of hydrogen-bond acceptors (Lipinski definition) is 4. The van der Waals surface area contributed by atoms with Crippen molar-refractivity contribution in [1.29, 1.82) is 0 Å². The molecule has 5 nitrogen and oxygen atoms in total. The number of aliphatic hydroxyl groups is 2. The topological polar surface area (TPSA) is 81.6 Å². The molecule has 0 spiro atoms. The molecule has 3 unspecified atom stereocenters. The van der Waals surface area contributed by atoms with Gasteiger partial charge in [0.05, 0.1) is 18.2 Å². The smallest absolute Gasteiger partial charge is 0.237 e. The van der Waals surface area contributed by atoms with Gasteiger partial charge in [0.15, 0.2) is 0 Å². The van der Waals surface area contributed by atoms with Crippen molar-refractivity contribution in [2.24, 2.45) is 0 Å². The van der Waals surface area contributed by atoms with Crippen LogP contribution < -0.4 is 10.6 Å². The van der Waals surface area contributed by atoms with Gasteiger partial charge in [-0.3, -0.25) is 4.79 Å². The molecule has 0 bridgehead atoms. The molecule has 0 aromatic heterocycles. The first-order valence-electron chi connectivity index (χ1n) is 6.30. The van der Waals surface area contributed by atoms with Crippen molar-refractivity contribution in [3.05, 3.63) is 33.8 Å². The SMILES string of the molecule is O=C(NCC(O)c1c(Cl)cccc1Cl)C1CC(O)CN1. The van der Waals surface area contributed by atoms with Crippen LogP contribution in [-0.2, 0) is 4.79 Å². The predicted octanol–water partition coefficient (Wildman–Crippen LogP) is 0.866. The van der Waals surface area contributed by atoms with Crippen molar-refractivity contribution < 1.29 is 15.0 Å². The van der Waals surface area contributed by atoms with Crippen LogP contribution in [0.25, 0.3) is 0 Å². The first-order valence-corrected chi connectivity index (χ1v) is 7.05. The summed E-state index contributed by atoms with van der Waals surface area (Å²) in [6, 6.07) is 4.51. The van der Waals surface area contributed by atoms with Gasteiger partial charge < -0.3 is 20.8 Å². The van der Waals surface area contributed by atoms with Gasteiger partial charge in [-0.2, -0.15) is 0 Å². The van der Waals surface area contributed by atoms with Gasteiger partial charge in [-0.1, -0.05) is 29.3 Å². The molecule has 7 heteroatoms. The maximum absolute atomic E-state index is 11.8. The second-order valence-electron chi connectivity index (χ2n) is 4.75. The molecule has 1 aliphatic heterocycles. The third kappa shape index (κ3) is 3.62. The quantitative estimate of drug-likeness (QED) is 0.664. The van der Waals surface area contributed by atoms with Gasteiger partial charge in [-0.15, -0.1) is 0 Å². The molecule has 110 valence electrons. The second kappa shape index (κ2) is 6.74. The van der Waals surface area contributed by atoms with Crippen molar-refractivity contribution in [2.45, 2.75) is 24.7 Å². The van der Waals surface area contributed by atoms with Crippen LogP contribution in [0.3, 0.4) is 0 Å². The Bertz CT molecular complexity index is 478. The van der Waals surface area contributed by atoms with Crippen molar-refractivity contribution in [3.8, 4) is 0 Å². The summed E-state index contributed by atoms with van der Waals surface area (Å²) in [4.78, 5) is 11.8. The maximum atomic E-state index is 11.8. The van der Waals surface area contributed by atoms with E-state index >= 15 is 0 Å². The summed E-state index contributed by atoms with van der Waals surface area (Å²) in [7, 11) is 0. The van der Waals surface area contributed by atoms with E-state index in [0.29, 0.717) is 28.6 Å². The lowest BCUT2D eigenvalue weighted by Gasteiger charge is -2.17. The highest BCUT2D eigenvalue weighted by atomic mass is 35.5. The van der Waals surface area contributed by atoms with Crippen LogP contribution in [-0.4, -0.2) is 41.4 Å². The highest BCUT2D eigenvalue weighted by molar-refractivity contribution is 6.36. The molecule has 0 aliphatic carbocycles. The van der Waals surface area contributed by atoms with E-state index in [4.69, 9.17) is 23.2 Å². The Kier molecular flexibility index (Phi) is 5.23. The van der Waals surface area contributed by atoms with Crippen LogP contribution in [0.2, 0.25) is 10.0 Å². The number of carbonyl (C=O) groups is 1. The fourth-order valence-electron chi connectivity index (χ4n) is 2.17. The number of amides is 1. The predicted molar refractivity (Wildman–Crippen MR) is 76.8 cm³/mol. The molecule has 0 saturated carbocycles. The van der Waals surface area contributed by atoms with E-state index < -0.39 is 18.2 Å². The number of nitrogens with one attached hydrogen (secondary N) is 2. The standard InChI is InChI=1S/C13H16Cl2N2O3/c14-8-2-1-3-9(15)12(8)11(19)6-17-13(20)10-4-7(18)5-16-10/h1-3,7,10-11,16,18-19H,4-6H2,(H,17,20). The first kappa shape index (κ1) is 15.5. The van der Waals surface area contributed by atoms with Crippen LogP contribution in [0.4, 0.5) is 0 Å². The molecular formula is C13H16Cl2N2O3. The molecule has 2 rings (SSSR count). The van der Waals surface area contributed by atoms with E-state index in [1.807, 2.05) is 0 Å². The average molecular weight is 319 g/mol. The maximum Gasteiger partial charge on any atom is 0.237 e. The van der Waals surface area contributed by atoms with Crippen molar-refractivity contribution >= 4 is 29.1 Å². The molecule has 1 aliphatic rings. The van der Waals surface area contributed by atoms with Crippen LogP contribution in [0.5, 0.6) is 0 Å². The first-order chi connectivity index (χ1) is 9.49. The van der Waals surface area contributed by atoms with E-state index in [0.717, 1.165) is 0 Å². The minimum Gasteiger partial charge on any atom is -0.392 e. The summed E-state index contributed by atoms with van der Waals surface area (Å²) in [6.07, 6.45) is -1.12. The Balaban J connectivity index is 1.92. The van der Waals surface area contributed by atoms with Gasteiger partial charge in [0.25, 0.3) is 0 Å². The number of rotatable bonds is 4. The molecule has 0 radical (unpaired) electrons. The summed E-state index contributed by atoms with van der Waals surface area (Å²) >= 11 is 12.0. The minimum atomic E-state index is -0.980. The largest absolute Gasteiger partial charge is 0.392 e. The van der Waals surface area contributed by atoms with Gasteiger partial charge in [-0.05, 0) is 18.6 Å². The normalized spacial score (nSPS) is 23.6. The van der Waals surface area contributed by atoms with Crippen LogP contribution >= 0.6 is 23.2 Å². The Morgan fingerprint density at radius 2 is 2.10 bits per heavy atom. The van der Waals surface area contributed by atoms with E-state index in [1.54, 1.807) is 18.2 Å². The van der Waals surface area contributed by atoms with Crippen LogP contribution in [0.15, 0.2) is 18.2 Å². The fraction of sp³-hybridized carbons (Fsp3) is 0.462. The zero-order valence-corrected chi connectivity index (χ0v) is 12.2. The van der Waals surface area contributed by atoms with E-state index in [2.05, 4.69) is 10.6 Å². The number of hydrogen-bond donors (Lipinski definition) is 4. The average Bonchev–Trinajstić information content (AvgIpc) is 2.82. The monoisotopic (exact) mass is 318 g/mol. The number of halogens is 2. The molecule has 4 N–H and O–H groups in total. The van der Waals surface area contributed by atoms with Crippen molar-refractivity contribution in [1.82, 2.24) is 10.6 Å². The minimum absolute atomic E-state index is 0.0105. The molecule has 1 amide bonds. The summed E-state index contributed by atoms with van der Waals surface area (Å²) in [5.41, 5.74) is 0.399. The molecule has 1 aromatic carbocycles. The van der Waals surface area contributed by atoms with Crippen molar-refractivity contribution in [3.63, 3.8) is 0 Å². The van der Waals surface area contributed by atoms with Gasteiger partial charge >= 0.3 is 0 Å². The lowest BCUT2D eigenvalue weighted by molar-refractivity contribution is -0.123. The Hall–Kier alpha value is -0.850. The number of carbonyl (C=O) groups excluding carboxylic acids is 1. The van der Waals surface area contributed by atoms with Crippen LogP contribution in [0.1, 0.15) is 18.1 Å². The Labute approximate surface area is 126 Å². The third-order valence-corrected chi connectivity index (χ3v) is 3.89. The van der Waals surface area contributed by atoms with E-state index in [1.165, 1.54) is 0 Å². The van der Waals surface area contributed by atoms with E-state index in [-0.39, 0.29) is 12.5 Å². The third-order valence-electron chi connectivity index (χ3n) is 3.23. The highest BCUT2D eigenvalue weighted by Gasteiger charge is 2.28. The highest BCUT2D eigenvalue weighted by Crippen LogP contribution is 2.29. The molecule has 1 fully saturated rings. The summed E-state index contributed by atoms with van der Waals surface area (Å²) in [6.45, 7) is 0.410. The fourth-order valence-corrected chi connectivity index (χ4v) is 2.82. The summed E-state index contributed by atoms with van der Waals surface area (Å²) in [5.74, 6) is -0.260. The van der Waals surface area contributed by atoms with Gasteiger partial charge in [0.1, 0.15) is 0 Å². The summed E-state index contributed by atoms with van der Waals surface area (Å²) in [5, 5.41) is 25.6. The Morgan fingerprint density at radius 1 is 1.45 bits per heavy atom. The Morgan fingerprint density at radius 3 is 2.65 bits per heavy atom. The zero-order valence-electron chi connectivity index (χ0n) is 10.6. The van der Waals surface area contributed by atoms with Crippen molar-refractivity contribution in [2.75, 3.05) is 13.1 Å². The van der Waals surface area contributed by atoms with Gasteiger partial charge in [0.2, 0.25) is 5.91 Å². The summed E-state index contributed by atoms with van der Waals surface area (Å²) < 4.78 is 0. The lowest BCUT2D eigenvalue weighted by Crippen LogP contribution is -2.41. The molecule has 3 atom stereocenters. The van der Waals surface area contributed by atoms with Gasteiger partial charge in [0, 0.05) is 28.7 Å². The number of benzene rings is 1. The number of aliphatic hydroxyl groups excluding tert-OH is 2. The lowest BCUT2D eigenvalue weighted by atomic mass is 10.1. The zero-order chi connectivity index (χ0) is 14.7. The van der Waals surface area contributed by atoms with Crippen LogP contribution in [0, 0.1) is 0 Å². The van der Waals surface area contributed by atoms with Gasteiger partial charge in [-0.25, -0.2) is 0 Å². The second-order valence-corrected chi connectivity index (χ2v) is 5.56. The molecule has 1 saturated heterocycles. The molecule has 1 aromatic rings. The van der Waals surface area contributed by atoms with E-state index in [9.17, 15) is 15.0 Å². The molecule has 20 heavy (non-hydrogen) atoms. The number of β-amino-alcohol motifs (C(OH)–C–C–N with tert-alkyl or cyclic N) is 1. The molecule has 1 heterocycles.